The summed E-state index contributed by atoms with van der Waals surface area (Å²) in [6, 6.07) is -0.422. The number of esters is 1. The molecule has 0 bridgehead atoms. The highest BCUT2D eigenvalue weighted by Crippen LogP contribution is 2.44. The molecule has 0 aromatic rings. The van der Waals surface area contributed by atoms with Crippen molar-refractivity contribution in [3.8, 4) is 0 Å². The Balaban J connectivity index is 2.18. The highest BCUT2D eigenvalue weighted by atomic mass is 35.5. The molecule has 0 aliphatic heterocycles. The van der Waals surface area contributed by atoms with Crippen molar-refractivity contribution in [1.82, 2.24) is 4.84 Å². The third-order valence-corrected chi connectivity index (χ3v) is 2.51. The Labute approximate surface area is 77.5 Å². The summed E-state index contributed by atoms with van der Waals surface area (Å²) >= 11 is 5.26. The third-order valence-electron chi connectivity index (χ3n) is 2.18. The molecule has 1 atom stereocenters. The van der Waals surface area contributed by atoms with Crippen LogP contribution in [0.1, 0.15) is 26.7 Å². The maximum Gasteiger partial charge on any atom is 0.324 e. The van der Waals surface area contributed by atoms with E-state index in [1.54, 1.807) is 6.92 Å². The van der Waals surface area contributed by atoms with Crippen LogP contribution in [0.25, 0.3) is 0 Å². The molecule has 0 radical (unpaired) electrons. The van der Waals surface area contributed by atoms with E-state index in [2.05, 4.69) is 11.8 Å². The van der Waals surface area contributed by atoms with Crippen LogP contribution in [0.2, 0.25) is 0 Å². The summed E-state index contributed by atoms with van der Waals surface area (Å²) in [6.07, 6.45) is 2.31. The molecule has 0 heterocycles. The second-order valence-electron chi connectivity index (χ2n) is 3.75. The Morgan fingerprint density at radius 1 is 1.75 bits per heavy atom. The second-order valence-corrected chi connectivity index (χ2v) is 3.97. The maximum absolute atomic E-state index is 11.1. The maximum atomic E-state index is 11.1. The predicted molar refractivity (Wildman–Crippen MR) is 46.8 cm³/mol. The zero-order valence-corrected chi connectivity index (χ0v) is 8.15. The van der Waals surface area contributed by atoms with Gasteiger partial charge in [0.05, 0.1) is 6.61 Å². The molecule has 1 aliphatic carbocycles. The normalized spacial score (nSPS) is 21.6. The Hall–Kier alpha value is -0.280. The van der Waals surface area contributed by atoms with Crippen LogP contribution in [0.15, 0.2) is 0 Å². The van der Waals surface area contributed by atoms with Gasteiger partial charge < -0.3 is 4.74 Å². The fourth-order valence-corrected chi connectivity index (χ4v) is 0.862. The molecule has 0 aromatic carbocycles. The van der Waals surface area contributed by atoms with Gasteiger partial charge in [0.2, 0.25) is 0 Å². The SMILES string of the molecule is C[C@H](NCl)C(=O)OCC1(C)CC1. The van der Waals surface area contributed by atoms with Gasteiger partial charge in [-0.1, -0.05) is 6.92 Å². The van der Waals surface area contributed by atoms with Crippen LogP contribution in [-0.2, 0) is 9.53 Å². The Kier molecular flexibility index (Phi) is 2.96. The smallest absolute Gasteiger partial charge is 0.324 e. The summed E-state index contributed by atoms with van der Waals surface area (Å²) in [5.74, 6) is -0.280. The number of nitrogens with one attached hydrogen (secondary N) is 1. The van der Waals surface area contributed by atoms with Gasteiger partial charge in [-0.05, 0) is 31.5 Å². The lowest BCUT2D eigenvalue weighted by atomic mass is 10.2. The molecule has 0 saturated heterocycles. The van der Waals surface area contributed by atoms with Gasteiger partial charge in [-0.25, -0.2) is 4.84 Å². The van der Waals surface area contributed by atoms with Crippen LogP contribution in [-0.4, -0.2) is 18.6 Å². The third kappa shape index (κ3) is 2.64. The van der Waals surface area contributed by atoms with Crippen molar-refractivity contribution in [3.63, 3.8) is 0 Å². The van der Waals surface area contributed by atoms with Crippen LogP contribution >= 0.6 is 11.8 Å². The van der Waals surface area contributed by atoms with Crippen LogP contribution in [0.5, 0.6) is 0 Å². The zero-order valence-electron chi connectivity index (χ0n) is 7.39. The molecular weight excluding hydrogens is 178 g/mol. The van der Waals surface area contributed by atoms with E-state index < -0.39 is 6.04 Å². The molecule has 0 spiro atoms. The second kappa shape index (κ2) is 3.62. The van der Waals surface area contributed by atoms with Crippen molar-refractivity contribution in [1.29, 1.82) is 0 Å². The molecule has 1 N–H and O–H groups in total. The first-order valence-electron chi connectivity index (χ1n) is 4.10. The van der Waals surface area contributed by atoms with Gasteiger partial charge in [0.1, 0.15) is 6.04 Å². The summed E-state index contributed by atoms with van der Waals surface area (Å²) < 4.78 is 5.04. The molecule has 1 saturated carbocycles. The van der Waals surface area contributed by atoms with E-state index in [9.17, 15) is 4.79 Å². The number of ether oxygens (including phenoxy) is 1. The topological polar surface area (TPSA) is 38.3 Å². The van der Waals surface area contributed by atoms with Crippen molar-refractivity contribution in [2.75, 3.05) is 6.61 Å². The molecule has 0 unspecified atom stereocenters. The first-order chi connectivity index (χ1) is 5.57. The minimum Gasteiger partial charge on any atom is -0.464 e. The number of hydrogen-bond donors (Lipinski definition) is 1. The van der Waals surface area contributed by atoms with Crippen molar-refractivity contribution >= 4 is 17.7 Å². The quantitative estimate of drug-likeness (QED) is 0.540. The first-order valence-corrected chi connectivity index (χ1v) is 4.48. The molecular formula is C8H14ClNO2. The molecule has 1 aliphatic rings. The first kappa shape index (κ1) is 9.81. The van der Waals surface area contributed by atoms with Crippen molar-refractivity contribution in [3.05, 3.63) is 0 Å². The van der Waals surface area contributed by atoms with E-state index in [0.717, 1.165) is 12.8 Å². The molecule has 1 fully saturated rings. The van der Waals surface area contributed by atoms with Crippen LogP contribution in [0.4, 0.5) is 0 Å². The molecule has 4 heteroatoms. The fraction of sp³-hybridized carbons (Fsp3) is 0.875. The highest BCUT2D eigenvalue weighted by molar-refractivity contribution is 6.14. The number of hydrogen-bond acceptors (Lipinski definition) is 3. The highest BCUT2D eigenvalue weighted by Gasteiger charge is 2.38. The van der Waals surface area contributed by atoms with E-state index in [4.69, 9.17) is 16.5 Å². The van der Waals surface area contributed by atoms with Gasteiger partial charge in [0.15, 0.2) is 0 Å². The summed E-state index contributed by atoms with van der Waals surface area (Å²) in [6.45, 7) is 4.30. The molecule has 3 nitrogen and oxygen atoms in total. The largest absolute Gasteiger partial charge is 0.464 e. The Morgan fingerprint density at radius 3 is 2.75 bits per heavy atom. The number of carbonyl (C=O) groups excluding carboxylic acids is 1. The van der Waals surface area contributed by atoms with E-state index >= 15 is 0 Å². The number of halogens is 1. The lowest BCUT2D eigenvalue weighted by Crippen LogP contribution is -2.30. The minimum absolute atomic E-state index is 0.252. The van der Waals surface area contributed by atoms with Crippen molar-refractivity contribution in [2.24, 2.45) is 5.41 Å². The number of carbonyl (C=O) groups is 1. The van der Waals surface area contributed by atoms with Gasteiger partial charge in [-0.2, -0.15) is 0 Å². The molecule has 0 aromatic heterocycles. The summed E-state index contributed by atoms with van der Waals surface area (Å²) in [5, 5.41) is 0. The van der Waals surface area contributed by atoms with E-state index in [0.29, 0.717) is 6.61 Å². The lowest BCUT2D eigenvalue weighted by Gasteiger charge is -2.12. The average Bonchev–Trinajstić information content (AvgIpc) is 2.79. The van der Waals surface area contributed by atoms with Crippen LogP contribution in [0.3, 0.4) is 0 Å². The predicted octanol–water partition coefficient (Wildman–Crippen LogP) is 1.46. The zero-order chi connectivity index (χ0) is 9.19. The van der Waals surface area contributed by atoms with E-state index in [1.165, 1.54) is 0 Å². The molecule has 70 valence electrons. The van der Waals surface area contributed by atoms with Gasteiger partial charge in [0, 0.05) is 5.41 Å². The minimum atomic E-state index is -0.422. The summed E-state index contributed by atoms with van der Waals surface area (Å²) in [7, 11) is 0. The molecule has 0 amide bonds. The summed E-state index contributed by atoms with van der Waals surface area (Å²) in [4.78, 5) is 13.4. The van der Waals surface area contributed by atoms with Crippen LogP contribution < -0.4 is 4.84 Å². The average molecular weight is 192 g/mol. The van der Waals surface area contributed by atoms with Gasteiger partial charge in [-0.15, -0.1) is 0 Å². The molecule has 1 rings (SSSR count). The number of rotatable bonds is 4. The van der Waals surface area contributed by atoms with Gasteiger partial charge in [0.25, 0.3) is 0 Å². The fourth-order valence-electron chi connectivity index (χ4n) is 0.773. The van der Waals surface area contributed by atoms with Crippen molar-refractivity contribution < 1.29 is 9.53 Å². The Bertz CT molecular complexity index is 180. The van der Waals surface area contributed by atoms with Gasteiger partial charge >= 0.3 is 5.97 Å². The standard InChI is InChI=1S/C8H14ClNO2/c1-6(10-9)7(11)12-5-8(2)3-4-8/h6,10H,3-5H2,1-2H3/t6-/m0/s1. The molecule has 12 heavy (non-hydrogen) atoms. The van der Waals surface area contributed by atoms with Crippen LogP contribution in [0, 0.1) is 5.41 Å². The summed E-state index contributed by atoms with van der Waals surface area (Å²) in [5.41, 5.74) is 0.252. The lowest BCUT2D eigenvalue weighted by molar-refractivity contribution is -0.146. The van der Waals surface area contributed by atoms with Crippen molar-refractivity contribution in [2.45, 2.75) is 32.7 Å². The Morgan fingerprint density at radius 2 is 2.33 bits per heavy atom. The monoisotopic (exact) mass is 191 g/mol. The van der Waals surface area contributed by atoms with E-state index in [1.807, 2.05) is 0 Å². The van der Waals surface area contributed by atoms with E-state index in [-0.39, 0.29) is 11.4 Å². The van der Waals surface area contributed by atoms with Gasteiger partial charge in [-0.3, -0.25) is 4.79 Å².